The van der Waals surface area contributed by atoms with E-state index >= 15 is 0 Å². The van der Waals surface area contributed by atoms with Gasteiger partial charge in [0.25, 0.3) is 0 Å². The van der Waals surface area contributed by atoms with E-state index in [1.165, 1.54) is 54.9 Å². The van der Waals surface area contributed by atoms with Crippen molar-refractivity contribution in [3.8, 4) is 0 Å². The van der Waals surface area contributed by atoms with E-state index in [9.17, 15) is 0 Å². The van der Waals surface area contributed by atoms with E-state index in [1.807, 2.05) is 11.7 Å². The Morgan fingerprint density at radius 3 is 3.15 bits per heavy atom. The normalized spacial score (nSPS) is 23.1. The number of rotatable bonds is 3. The van der Waals surface area contributed by atoms with E-state index < -0.39 is 0 Å². The summed E-state index contributed by atoms with van der Waals surface area (Å²) in [4.78, 5) is 12.7. The molecule has 5 heteroatoms. The topological polar surface area (TPSA) is 34.0 Å². The number of likely N-dealkylation sites (tertiary alicyclic amines) is 1. The highest BCUT2D eigenvalue weighted by molar-refractivity contribution is 7.09. The highest BCUT2D eigenvalue weighted by Crippen LogP contribution is 2.29. The number of nitrogens with zero attached hydrogens (tertiary/aromatic N) is 4. The van der Waals surface area contributed by atoms with E-state index in [0.717, 1.165) is 13.1 Å². The Kier molecular flexibility index (Phi) is 3.32. The van der Waals surface area contributed by atoms with Crippen LogP contribution in [-0.4, -0.2) is 32.5 Å². The van der Waals surface area contributed by atoms with Crippen molar-refractivity contribution in [1.29, 1.82) is 0 Å². The maximum Gasteiger partial charge on any atom is 0.0954 e. The lowest BCUT2D eigenvalue weighted by Gasteiger charge is -2.19. The van der Waals surface area contributed by atoms with Crippen molar-refractivity contribution in [3.05, 3.63) is 34.3 Å². The van der Waals surface area contributed by atoms with Crippen molar-refractivity contribution in [3.63, 3.8) is 0 Å². The number of thiazole rings is 1. The monoisotopic (exact) mass is 288 g/mol. The Morgan fingerprint density at radius 2 is 2.25 bits per heavy atom. The van der Waals surface area contributed by atoms with Gasteiger partial charge in [0.15, 0.2) is 0 Å². The van der Waals surface area contributed by atoms with Crippen molar-refractivity contribution < 1.29 is 0 Å². The van der Waals surface area contributed by atoms with Gasteiger partial charge in [-0.15, -0.1) is 11.3 Å². The van der Waals surface area contributed by atoms with Gasteiger partial charge in [-0.2, -0.15) is 0 Å². The van der Waals surface area contributed by atoms with Crippen LogP contribution in [0.5, 0.6) is 0 Å². The van der Waals surface area contributed by atoms with Crippen LogP contribution in [0.25, 0.3) is 0 Å². The van der Waals surface area contributed by atoms with Crippen LogP contribution in [0.2, 0.25) is 0 Å². The Bertz CT molecular complexity index is 575. The van der Waals surface area contributed by atoms with Crippen LogP contribution < -0.4 is 0 Å². The molecular formula is C15H20N4S. The van der Waals surface area contributed by atoms with E-state index in [4.69, 9.17) is 0 Å². The van der Waals surface area contributed by atoms with Crippen molar-refractivity contribution >= 4 is 11.3 Å². The molecule has 0 aromatic carbocycles. The molecule has 4 rings (SSSR count). The number of imidazole rings is 1. The molecule has 1 fully saturated rings. The quantitative estimate of drug-likeness (QED) is 0.871. The first-order valence-corrected chi connectivity index (χ1v) is 8.42. The van der Waals surface area contributed by atoms with Gasteiger partial charge in [0, 0.05) is 42.4 Å². The lowest BCUT2D eigenvalue weighted by atomic mass is 10.0. The first kappa shape index (κ1) is 12.5. The standard InChI is InChI=1S/C15H20N4S/c1-2-4-15-14(3-1)17-10-19(15)12-5-6-18(8-12)9-13-7-16-11-20-13/h7,10-12H,1-6,8-9H2. The van der Waals surface area contributed by atoms with E-state index in [1.54, 1.807) is 11.3 Å². The van der Waals surface area contributed by atoms with Crippen molar-refractivity contribution in [1.82, 2.24) is 19.4 Å². The summed E-state index contributed by atoms with van der Waals surface area (Å²) in [5.41, 5.74) is 4.80. The molecule has 2 aromatic heterocycles. The average Bonchev–Trinajstić information content (AvgIpc) is 3.18. The Morgan fingerprint density at radius 1 is 1.30 bits per heavy atom. The molecule has 106 valence electrons. The van der Waals surface area contributed by atoms with Gasteiger partial charge in [-0.3, -0.25) is 9.88 Å². The number of hydrogen-bond donors (Lipinski definition) is 0. The summed E-state index contributed by atoms with van der Waals surface area (Å²) in [5, 5.41) is 0. The predicted octanol–water partition coefficient (Wildman–Crippen LogP) is 2.67. The van der Waals surface area contributed by atoms with E-state index in [2.05, 4.69) is 25.8 Å². The van der Waals surface area contributed by atoms with Gasteiger partial charge >= 0.3 is 0 Å². The SMILES string of the molecule is c1ncc(CN2CCC(n3cnc4c3CCCC4)C2)s1. The average molecular weight is 288 g/mol. The summed E-state index contributed by atoms with van der Waals surface area (Å²) in [6.07, 6.45) is 10.4. The molecule has 1 unspecified atom stereocenters. The first-order chi connectivity index (χ1) is 9.90. The summed E-state index contributed by atoms with van der Waals surface area (Å²) in [5.74, 6) is 0. The fourth-order valence-corrected chi connectivity index (χ4v) is 4.17. The van der Waals surface area contributed by atoms with Crippen LogP contribution in [0.3, 0.4) is 0 Å². The first-order valence-electron chi connectivity index (χ1n) is 7.54. The van der Waals surface area contributed by atoms with Crippen LogP contribution >= 0.6 is 11.3 Å². The van der Waals surface area contributed by atoms with E-state index in [-0.39, 0.29) is 0 Å². The van der Waals surface area contributed by atoms with Gasteiger partial charge in [-0.25, -0.2) is 4.98 Å². The van der Waals surface area contributed by atoms with Crippen molar-refractivity contribution in [2.75, 3.05) is 13.1 Å². The molecule has 0 amide bonds. The Labute approximate surface area is 123 Å². The molecule has 0 spiro atoms. The van der Waals surface area contributed by atoms with Gasteiger partial charge in [-0.1, -0.05) is 0 Å². The van der Waals surface area contributed by atoms with Gasteiger partial charge < -0.3 is 4.57 Å². The Balaban J connectivity index is 1.47. The maximum absolute atomic E-state index is 4.64. The molecule has 0 bridgehead atoms. The smallest absolute Gasteiger partial charge is 0.0954 e. The van der Waals surface area contributed by atoms with Crippen LogP contribution in [0.4, 0.5) is 0 Å². The minimum absolute atomic E-state index is 0.622. The Hall–Kier alpha value is -1.20. The van der Waals surface area contributed by atoms with Crippen molar-refractivity contribution in [2.45, 2.75) is 44.7 Å². The van der Waals surface area contributed by atoms with Crippen molar-refractivity contribution in [2.24, 2.45) is 0 Å². The largest absolute Gasteiger partial charge is 0.330 e. The van der Waals surface area contributed by atoms with Crippen LogP contribution in [0.15, 0.2) is 18.0 Å². The van der Waals surface area contributed by atoms with E-state index in [0.29, 0.717) is 6.04 Å². The molecule has 1 atom stereocenters. The van der Waals surface area contributed by atoms with Crippen LogP contribution in [-0.2, 0) is 19.4 Å². The minimum Gasteiger partial charge on any atom is -0.330 e. The molecule has 1 saturated heterocycles. The molecule has 0 radical (unpaired) electrons. The highest BCUT2D eigenvalue weighted by Gasteiger charge is 2.27. The zero-order valence-electron chi connectivity index (χ0n) is 11.7. The second-order valence-electron chi connectivity index (χ2n) is 5.90. The maximum atomic E-state index is 4.64. The number of aromatic nitrogens is 3. The summed E-state index contributed by atoms with van der Waals surface area (Å²) in [7, 11) is 0. The molecule has 1 aliphatic heterocycles. The highest BCUT2D eigenvalue weighted by atomic mass is 32.1. The second-order valence-corrected chi connectivity index (χ2v) is 6.87. The summed E-state index contributed by atoms with van der Waals surface area (Å²) >= 11 is 1.76. The van der Waals surface area contributed by atoms with Gasteiger partial charge in [0.2, 0.25) is 0 Å². The van der Waals surface area contributed by atoms with Crippen LogP contribution in [0.1, 0.15) is 41.6 Å². The third-order valence-electron chi connectivity index (χ3n) is 4.56. The molecule has 4 nitrogen and oxygen atoms in total. The molecular weight excluding hydrogens is 268 g/mol. The fraction of sp³-hybridized carbons (Fsp3) is 0.600. The molecule has 3 heterocycles. The number of hydrogen-bond acceptors (Lipinski definition) is 4. The zero-order chi connectivity index (χ0) is 13.4. The summed E-state index contributed by atoms with van der Waals surface area (Å²) < 4.78 is 2.47. The lowest BCUT2D eigenvalue weighted by molar-refractivity contribution is 0.317. The number of fused-ring (bicyclic) bond motifs is 1. The lowest BCUT2D eigenvalue weighted by Crippen LogP contribution is -2.21. The molecule has 0 saturated carbocycles. The molecule has 1 aliphatic carbocycles. The summed E-state index contributed by atoms with van der Waals surface area (Å²) in [6, 6.07) is 0.622. The fourth-order valence-electron chi connectivity index (χ4n) is 3.53. The third-order valence-corrected chi connectivity index (χ3v) is 5.33. The minimum atomic E-state index is 0.622. The number of aryl methyl sites for hydroxylation is 1. The predicted molar refractivity (Wildman–Crippen MR) is 79.9 cm³/mol. The van der Waals surface area contributed by atoms with Gasteiger partial charge in [0.1, 0.15) is 0 Å². The molecule has 2 aromatic rings. The molecule has 20 heavy (non-hydrogen) atoms. The molecule has 0 N–H and O–H groups in total. The third kappa shape index (κ3) is 2.29. The van der Waals surface area contributed by atoms with Crippen LogP contribution in [0, 0.1) is 0 Å². The molecule has 2 aliphatic rings. The second kappa shape index (κ2) is 5.30. The van der Waals surface area contributed by atoms with Gasteiger partial charge in [0.05, 0.1) is 17.5 Å². The zero-order valence-corrected chi connectivity index (χ0v) is 12.5. The van der Waals surface area contributed by atoms with Gasteiger partial charge in [-0.05, 0) is 32.1 Å². The summed E-state index contributed by atoms with van der Waals surface area (Å²) in [6.45, 7) is 3.40.